The van der Waals surface area contributed by atoms with Gasteiger partial charge in [0, 0.05) is 18.6 Å². The predicted octanol–water partition coefficient (Wildman–Crippen LogP) is 1.68. The van der Waals surface area contributed by atoms with Crippen molar-refractivity contribution in [1.29, 1.82) is 0 Å². The molecule has 0 aliphatic heterocycles. The molecule has 0 spiro atoms. The summed E-state index contributed by atoms with van der Waals surface area (Å²) < 4.78 is 5.68. The highest BCUT2D eigenvalue weighted by Crippen LogP contribution is 2.26. The molecule has 2 atom stereocenters. The van der Waals surface area contributed by atoms with Gasteiger partial charge in [0.15, 0.2) is 0 Å². The van der Waals surface area contributed by atoms with E-state index in [9.17, 15) is 0 Å². The summed E-state index contributed by atoms with van der Waals surface area (Å²) in [6.07, 6.45) is 0. The predicted molar refractivity (Wildman–Crippen MR) is 68.8 cm³/mol. The van der Waals surface area contributed by atoms with Crippen LogP contribution in [0.1, 0.15) is 38.3 Å². The molecule has 1 aromatic rings. The molecule has 1 heterocycles. The Kier molecular flexibility index (Phi) is 5.18. The summed E-state index contributed by atoms with van der Waals surface area (Å²) in [6.45, 7) is 8.81. The Hall–Kier alpha value is -0.840. The summed E-state index contributed by atoms with van der Waals surface area (Å²) in [4.78, 5) is 2.17. The van der Waals surface area contributed by atoms with Crippen LogP contribution < -0.4 is 5.73 Å². The monoisotopic (exact) mass is 240 g/mol. The molecule has 0 aliphatic carbocycles. The van der Waals surface area contributed by atoms with E-state index in [-0.39, 0.29) is 18.7 Å². The molecule has 0 aromatic carbocycles. The normalized spacial score (nSPS) is 15.5. The lowest BCUT2D eigenvalue weighted by Crippen LogP contribution is -2.44. The Balaban J connectivity index is 2.98. The number of rotatable bonds is 6. The molecule has 0 bridgehead atoms. The van der Waals surface area contributed by atoms with E-state index in [2.05, 4.69) is 18.7 Å². The molecule has 1 rings (SSSR count). The van der Waals surface area contributed by atoms with E-state index in [1.165, 1.54) is 0 Å². The zero-order valence-electron chi connectivity index (χ0n) is 11.2. The van der Waals surface area contributed by atoms with Crippen LogP contribution in [0.4, 0.5) is 0 Å². The van der Waals surface area contributed by atoms with Crippen LogP contribution in [-0.2, 0) is 0 Å². The van der Waals surface area contributed by atoms with Crippen molar-refractivity contribution in [2.24, 2.45) is 5.73 Å². The smallest absolute Gasteiger partial charge is 0.122 e. The Morgan fingerprint density at radius 1 is 1.35 bits per heavy atom. The third-order valence-corrected chi connectivity index (χ3v) is 2.93. The van der Waals surface area contributed by atoms with Crippen molar-refractivity contribution < 1.29 is 9.52 Å². The van der Waals surface area contributed by atoms with Gasteiger partial charge in [-0.15, -0.1) is 0 Å². The molecule has 98 valence electrons. The minimum Gasteiger partial charge on any atom is -0.465 e. The summed E-state index contributed by atoms with van der Waals surface area (Å²) in [5.41, 5.74) is 6.06. The van der Waals surface area contributed by atoms with Crippen LogP contribution in [-0.4, -0.2) is 35.2 Å². The van der Waals surface area contributed by atoms with E-state index in [1.807, 2.05) is 26.0 Å². The number of nitrogens with two attached hydrogens (primary N) is 1. The van der Waals surface area contributed by atoms with Gasteiger partial charge in [-0.2, -0.15) is 0 Å². The number of furan rings is 1. The first-order valence-electron chi connectivity index (χ1n) is 6.16. The topological polar surface area (TPSA) is 62.6 Å². The van der Waals surface area contributed by atoms with Gasteiger partial charge in [-0.25, -0.2) is 0 Å². The summed E-state index contributed by atoms with van der Waals surface area (Å²) in [7, 11) is 0. The van der Waals surface area contributed by atoms with Crippen LogP contribution in [0.15, 0.2) is 16.5 Å². The SMILES string of the molecule is Cc1ccc(C(C(C)N)N(CCO)C(C)C)o1. The van der Waals surface area contributed by atoms with Crippen molar-refractivity contribution >= 4 is 0 Å². The second-order valence-electron chi connectivity index (χ2n) is 4.81. The highest BCUT2D eigenvalue weighted by molar-refractivity contribution is 5.12. The molecular formula is C13H24N2O2. The van der Waals surface area contributed by atoms with Crippen LogP contribution in [0.25, 0.3) is 0 Å². The maximum Gasteiger partial charge on any atom is 0.122 e. The summed E-state index contributed by atoms with van der Waals surface area (Å²) in [6, 6.07) is 4.19. The maximum atomic E-state index is 9.16. The minimum atomic E-state index is -0.0468. The largest absolute Gasteiger partial charge is 0.465 e. The van der Waals surface area contributed by atoms with Crippen molar-refractivity contribution in [2.75, 3.05) is 13.2 Å². The number of aliphatic hydroxyl groups excluding tert-OH is 1. The molecule has 4 nitrogen and oxygen atoms in total. The average molecular weight is 240 g/mol. The van der Waals surface area contributed by atoms with Crippen LogP contribution >= 0.6 is 0 Å². The molecule has 0 fully saturated rings. The van der Waals surface area contributed by atoms with E-state index in [1.54, 1.807) is 0 Å². The second-order valence-corrected chi connectivity index (χ2v) is 4.81. The van der Waals surface area contributed by atoms with Gasteiger partial charge in [0.25, 0.3) is 0 Å². The fourth-order valence-corrected chi connectivity index (χ4v) is 2.17. The standard InChI is InChI=1S/C13H24N2O2/c1-9(2)15(7-8-16)13(11(4)14)12-6-5-10(3)17-12/h5-6,9,11,13,16H,7-8,14H2,1-4H3. The molecule has 0 aliphatic rings. The lowest BCUT2D eigenvalue weighted by atomic mass is 10.0. The van der Waals surface area contributed by atoms with Gasteiger partial charge in [-0.3, -0.25) is 4.90 Å². The Bertz CT molecular complexity index is 334. The van der Waals surface area contributed by atoms with Gasteiger partial charge < -0.3 is 15.3 Å². The van der Waals surface area contributed by atoms with E-state index in [0.717, 1.165) is 11.5 Å². The summed E-state index contributed by atoms with van der Waals surface area (Å²) >= 11 is 0. The van der Waals surface area contributed by atoms with Gasteiger partial charge >= 0.3 is 0 Å². The first kappa shape index (κ1) is 14.2. The third-order valence-electron chi connectivity index (χ3n) is 2.93. The van der Waals surface area contributed by atoms with Gasteiger partial charge in [0.2, 0.25) is 0 Å². The molecule has 17 heavy (non-hydrogen) atoms. The lowest BCUT2D eigenvalue weighted by molar-refractivity contribution is 0.0919. The first-order chi connectivity index (χ1) is 7.97. The minimum absolute atomic E-state index is 0.0100. The van der Waals surface area contributed by atoms with Gasteiger partial charge in [-0.1, -0.05) is 0 Å². The maximum absolute atomic E-state index is 9.16. The van der Waals surface area contributed by atoms with E-state index in [4.69, 9.17) is 15.3 Å². The van der Waals surface area contributed by atoms with Crippen molar-refractivity contribution in [3.8, 4) is 0 Å². The highest BCUT2D eigenvalue weighted by Gasteiger charge is 2.28. The van der Waals surface area contributed by atoms with Gasteiger partial charge in [0.1, 0.15) is 11.5 Å². The molecule has 0 saturated carbocycles. The van der Waals surface area contributed by atoms with E-state index < -0.39 is 0 Å². The third kappa shape index (κ3) is 3.56. The average Bonchev–Trinajstić information content (AvgIpc) is 2.63. The number of hydrogen-bond acceptors (Lipinski definition) is 4. The van der Waals surface area contributed by atoms with Crippen LogP contribution in [0.3, 0.4) is 0 Å². The number of aliphatic hydroxyl groups is 1. The van der Waals surface area contributed by atoms with Crippen molar-refractivity contribution in [1.82, 2.24) is 4.90 Å². The van der Waals surface area contributed by atoms with Crippen molar-refractivity contribution in [2.45, 2.75) is 45.8 Å². The zero-order chi connectivity index (χ0) is 13.0. The fraction of sp³-hybridized carbons (Fsp3) is 0.692. The molecule has 2 unspecified atom stereocenters. The summed E-state index contributed by atoms with van der Waals surface area (Å²) in [5, 5.41) is 9.16. The Labute approximate surface area is 103 Å². The van der Waals surface area contributed by atoms with Crippen molar-refractivity contribution in [3.05, 3.63) is 23.7 Å². The molecule has 0 saturated heterocycles. The lowest BCUT2D eigenvalue weighted by Gasteiger charge is -2.35. The number of hydrogen-bond donors (Lipinski definition) is 2. The molecule has 1 aromatic heterocycles. The Morgan fingerprint density at radius 2 is 2.00 bits per heavy atom. The summed E-state index contributed by atoms with van der Waals surface area (Å²) in [5.74, 6) is 1.76. The molecule has 0 amide bonds. The highest BCUT2D eigenvalue weighted by atomic mass is 16.3. The fourth-order valence-electron chi connectivity index (χ4n) is 2.17. The first-order valence-corrected chi connectivity index (χ1v) is 6.16. The van der Waals surface area contributed by atoms with Gasteiger partial charge in [-0.05, 0) is 39.8 Å². The molecule has 3 N–H and O–H groups in total. The number of aryl methyl sites for hydroxylation is 1. The van der Waals surface area contributed by atoms with Crippen LogP contribution in [0, 0.1) is 6.92 Å². The molecule has 0 radical (unpaired) electrons. The van der Waals surface area contributed by atoms with Crippen molar-refractivity contribution in [3.63, 3.8) is 0 Å². The second kappa shape index (κ2) is 6.19. The Morgan fingerprint density at radius 3 is 2.35 bits per heavy atom. The number of nitrogens with zero attached hydrogens (tertiary/aromatic N) is 1. The van der Waals surface area contributed by atoms with E-state index in [0.29, 0.717) is 12.6 Å². The van der Waals surface area contributed by atoms with Crippen LogP contribution in [0.5, 0.6) is 0 Å². The quantitative estimate of drug-likeness (QED) is 0.794. The van der Waals surface area contributed by atoms with Crippen LogP contribution in [0.2, 0.25) is 0 Å². The van der Waals surface area contributed by atoms with E-state index >= 15 is 0 Å². The van der Waals surface area contributed by atoms with Gasteiger partial charge in [0.05, 0.1) is 12.6 Å². The zero-order valence-corrected chi connectivity index (χ0v) is 11.2. The molecular weight excluding hydrogens is 216 g/mol. The molecule has 4 heteroatoms.